The minimum absolute atomic E-state index is 0.0373. The molecular formula is C15H18N2O3. The minimum atomic E-state index is -0.435. The first-order chi connectivity index (χ1) is 9.66. The average molecular weight is 274 g/mol. The van der Waals surface area contributed by atoms with E-state index in [0.717, 1.165) is 36.9 Å². The van der Waals surface area contributed by atoms with Crippen LogP contribution in [0, 0.1) is 0 Å². The van der Waals surface area contributed by atoms with Gasteiger partial charge in [-0.25, -0.2) is 0 Å². The van der Waals surface area contributed by atoms with Crippen molar-refractivity contribution in [1.29, 1.82) is 0 Å². The SMILES string of the molecule is NC(=O)c1ccc2c(c1)CCCN2C(=O)[C@@H]1CCCO1. The molecule has 1 aromatic rings. The van der Waals surface area contributed by atoms with E-state index in [1.807, 2.05) is 6.07 Å². The van der Waals surface area contributed by atoms with Gasteiger partial charge in [-0.1, -0.05) is 0 Å². The molecule has 2 heterocycles. The molecule has 5 nitrogen and oxygen atoms in total. The monoisotopic (exact) mass is 274 g/mol. The molecule has 3 rings (SSSR count). The lowest BCUT2D eigenvalue weighted by atomic mass is 9.98. The predicted octanol–water partition coefficient (Wildman–Crippen LogP) is 1.24. The molecule has 0 radical (unpaired) electrons. The van der Waals surface area contributed by atoms with Gasteiger partial charge in [0.1, 0.15) is 6.10 Å². The van der Waals surface area contributed by atoms with E-state index in [1.54, 1.807) is 17.0 Å². The topological polar surface area (TPSA) is 72.6 Å². The van der Waals surface area contributed by atoms with Crippen molar-refractivity contribution in [3.63, 3.8) is 0 Å². The Morgan fingerprint density at radius 2 is 2.15 bits per heavy atom. The van der Waals surface area contributed by atoms with E-state index in [9.17, 15) is 9.59 Å². The van der Waals surface area contributed by atoms with Gasteiger partial charge in [0.15, 0.2) is 0 Å². The van der Waals surface area contributed by atoms with Gasteiger partial charge >= 0.3 is 0 Å². The smallest absolute Gasteiger partial charge is 0.256 e. The molecule has 0 aliphatic carbocycles. The zero-order valence-electron chi connectivity index (χ0n) is 11.3. The minimum Gasteiger partial charge on any atom is -0.368 e. The van der Waals surface area contributed by atoms with Gasteiger partial charge in [-0.2, -0.15) is 0 Å². The van der Waals surface area contributed by atoms with Gasteiger partial charge < -0.3 is 15.4 Å². The summed E-state index contributed by atoms with van der Waals surface area (Å²) in [4.78, 5) is 25.5. The lowest BCUT2D eigenvalue weighted by molar-refractivity contribution is -0.127. The van der Waals surface area contributed by atoms with Crippen molar-refractivity contribution in [3.05, 3.63) is 29.3 Å². The van der Waals surface area contributed by atoms with Crippen molar-refractivity contribution in [2.24, 2.45) is 5.73 Å². The molecule has 0 spiro atoms. The number of carbonyl (C=O) groups excluding carboxylic acids is 2. The molecule has 1 saturated heterocycles. The highest BCUT2D eigenvalue weighted by Gasteiger charge is 2.31. The predicted molar refractivity (Wildman–Crippen MR) is 74.6 cm³/mol. The van der Waals surface area contributed by atoms with Gasteiger partial charge in [-0.15, -0.1) is 0 Å². The number of rotatable bonds is 2. The van der Waals surface area contributed by atoms with E-state index in [1.165, 1.54) is 0 Å². The van der Waals surface area contributed by atoms with E-state index in [0.29, 0.717) is 18.7 Å². The van der Waals surface area contributed by atoms with Crippen LogP contribution in [0.4, 0.5) is 5.69 Å². The highest BCUT2D eigenvalue weighted by molar-refractivity contribution is 5.99. The highest BCUT2D eigenvalue weighted by Crippen LogP contribution is 2.30. The third kappa shape index (κ3) is 2.29. The van der Waals surface area contributed by atoms with Crippen LogP contribution < -0.4 is 10.6 Å². The van der Waals surface area contributed by atoms with E-state index in [2.05, 4.69) is 0 Å². The molecule has 106 valence electrons. The van der Waals surface area contributed by atoms with E-state index in [4.69, 9.17) is 10.5 Å². The summed E-state index contributed by atoms with van der Waals surface area (Å²) in [6.07, 6.45) is 3.19. The molecule has 1 fully saturated rings. The van der Waals surface area contributed by atoms with Crippen molar-refractivity contribution < 1.29 is 14.3 Å². The number of hydrogen-bond donors (Lipinski definition) is 1. The van der Waals surface area contributed by atoms with Crippen molar-refractivity contribution in [1.82, 2.24) is 0 Å². The molecule has 1 aromatic carbocycles. The fourth-order valence-corrected chi connectivity index (χ4v) is 2.93. The molecule has 0 saturated carbocycles. The number of nitrogens with zero attached hydrogens (tertiary/aromatic N) is 1. The van der Waals surface area contributed by atoms with Gasteiger partial charge in [0.2, 0.25) is 5.91 Å². The summed E-state index contributed by atoms with van der Waals surface area (Å²) in [6.45, 7) is 1.37. The van der Waals surface area contributed by atoms with Gasteiger partial charge in [-0.05, 0) is 49.4 Å². The summed E-state index contributed by atoms with van der Waals surface area (Å²) in [5, 5.41) is 0. The maximum Gasteiger partial charge on any atom is 0.256 e. The van der Waals surface area contributed by atoms with E-state index < -0.39 is 5.91 Å². The summed E-state index contributed by atoms with van der Waals surface area (Å²) in [5.74, 6) is -0.398. The van der Waals surface area contributed by atoms with Gasteiger partial charge in [0.25, 0.3) is 5.91 Å². The quantitative estimate of drug-likeness (QED) is 0.882. The number of primary amides is 1. The largest absolute Gasteiger partial charge is 0.368 e. The first-order valence-corrected chi connectivity index (χ1v) is 7.02. The normalized spacial score (nSPS) is 21.6. The van der Waals surface area contributed by atoms with Crippen molar-refractivity contribution >= 4 is 17.5 Å². The molecule has 2 aliphatic heterocycles. The molecule has 5 heteroatoms. The maximum atomic E-state index is 12.5. The number of ether oxygens (including phenoxy) is 1. The zero-order valence-corrected chi connectivity index (χ0v) is 11.3. The Bertz CT molecular complexity index is 550. The summed E-state index contributed by atoms with van der Waals surface area (Å²) < 4.78 is 5.48. The van der Waals surface area contributed by atoms with Gasteiger partial charge in [0, 0.05) is 24.4 Å². The maximum absolute atomic E-state index is 12.5. The number of nitrogens with two attached hydrogens (primary N) is 1. The molecule has 0 unspecified atom stereocenters. The van der Waals surface area contributed by atoms with E-state index >= 15 is 0 Å². The van der Waals surface area contributed by atoms with Crippen LogP contribution in [0.1, 0.15) is 35.2 Å². The fourth-order valence-electron chi connectivity index (χ4n) is 2.93. The lowest BCUT2D eigenvalue weighted by Gasteiger charge is -2.31. The summed E-state index contributed by atoms with van der Waals surface area (Å²) >= 11 is 0. The molecular weight excluding hydrogens is 256 g/mol. The van der Waals surface area contributed by atoms with Gasteiger partial charge in [-0.3, -0.25) is 9.59 Å². The van der Waals surface area contributed by atoms with Crippen molar-refractivity contribution in [2.75, 3.05) is 18.1 Å². The number of carbonyl (C=O) groups is 2. The second kappa shape index (κ2) is 5.25. The first-order valence-electron chi connectivity index (χ1n) is 7.02. The first kappa shape index (κ1) is 13.1. The van der Waals surface area contributed by atoms with Gasteiger partial charge in [0.05, 0.1) is 0 Å². The van der Waals surface area contributed by atoms with Crippen LogP contribution in [0.25, 0.3) is 0 Å². The third-order valence-electron chi connectivity index (χ3n) is 3.95. The zero-order chi connectivity index (χ0) is 14.1. The molecule has 1 atom stereocenters. The van der Waals surface area contributed by atoms with Crippen LogP contribution in [0.15, 0.2) is 18.2 Å². The molecule has 2 N–H and O–H groups in total. The Morgan fingerprint density at radius 3 is 2.85 bits per heavy atom. The number of aryl methyl sites for hydroxylation is 1. The van der Waals surface area contributed by atoms with Crippen LogP contribution in [-0.2, 0) is 16.0 Å². The molecule has 0 bridgehead atoms. The highest BCUT2D eigenvalue weighted by atomic mass is 16.5. The summed E-state index contributed by atoms with van der Waals surface area (Å²) in [7, 11) is 0. The third-order valence-corrected chi connectivity index (χ3v) is 3.95. The second-order valence-electron chi connectivity index (χ2n) is 5.30. The Hall–Kier alpha value is -1.88. The molecule has 20 heavy (non-hydrogen) atoms. The Morgan fingerprint density at radius 1 is 1.30 bits per heavy atom. The number of benzene rings is 1. The van der Waals surface area contributed by atoms with Crippen molar-refractivity contribution in [2.45, 2.75) is 31.8 Å². The van der Waals surface area contributed by atoms with Crippen LogP contribution in [-0.4, -0.2) is 31.1 Å². The Labute approximate surface area is 117 Å². The van der Waals surface area contributed by atoms with Crippen molar-refractivity contribution in [3.8, 4) is 0 Å². The number of amides is 2. The van der Waals surface area contributed by atoms with Crippen LogP contribution in [0.5, 0.6) is 0 Å². The summed E-state index contributed by atoms with van der Waals surface area (Å²) in [5.41, 5.74) is 7.70. The lowest BCUT2D eigenvalue weighted by Crippen LogP contribution is -2.42. The van der Waals surface area contributed by atoms with Crippen LogP contribution in [0.3, 0.4) is 0 Å². The average Bonchev–Trinajstić information content (AvgIpc) is 2.99. The van der Waals surface area contributed by atoms with Crippen LogP contribution in [0.2, 0.25) is 0 Å². The number of fused-ring (bicyclic) bond motifs is 1. The molecule has 0 aromatic heterocycles. The fraction of sp³-hybridized carbons (Fsp3) is 0.467. The summed E-state index contributed by atoms with van der Waals surface area (Å²) in [6, 6.07) is 5.30. The number of anilines is 1. The molecule has 2 aliphatic rings. The second-order valence-corrected chi connectivity index (χ2v) is 5.30. The number of hydrogen-bond acceptors (Lipinski definition) is 3. The molecule has 2 amide bonds. The Kier molecular flexibility index (Phi) is 3.44. The standard InChI is InChI=1S/C15H18N2O3/c16-14(18)11-5-6-12-10(9-11)3-1-7-17(12)15(19)13-4-2-8-20-13/h5-6,9,13H,1-4,7-8H2,(H2,16,18)/t13-/m0/s1. The van der Waals surface area contributed by atoms with E-state index in [-0.39, 0.29) is 12.0 Å². The Balaban J connectivity index is 1.89. The van der Waals surface area contributed by atoms with Crippen LogP contribution >= 0.6 is 0 Å².